The maximum atomic E-state index is 9.98. The molecule has 0 bridgehead atoms. The van der Waals surface area contributed by atoms with Crippen molar-refractivity contribution in [2.24, 2.45) is 0 Å². The summed E-state index contributed by atoms with van der Waals surface area (Å²) < 4.78 is 44.5. The number of rotatable bonds is 34. The summed E-state index contributed by atoms with van der Waals surface area (Å²) in [5, 5.41) is 7.07. The van der Waals surface area contributed by atoms with Crippen LogP contribution < -0.4 is 20.4 Å². The monoisotopic (exact) mass is 920 g/mol. The molecule has 64 heavy (non-hydrogen) atoms. The molecule has 0 aliphatic carbocycles. The highest BCUT2D eigenvalue weighted by Crippen LogP contribution is 2.33. The Bertz CT molecular complexity index is 1560. The number of likely N-dealkylation sites (N-methyl/N-ethyl adjacent to an activating group) is 2. The van der Waals surface area contributed by atoms with Crippen LogP contribution in [0.25, 0.3) is 20.8 Å². The molecule has 0 spiro atoms. The van der Waals surface area contributed by atoms with E-state index in [2.05, 4.69) is 55.7 Å². The summed E-state index contributed by atoms with van der Waals surface area (Å²) in [6.07, 6.45) is 7.29. The van der Waals surface area contributed by atoms with Crippen LogP contribution in [0.3, 0.4) is 0 Å². The van der Waals surface area contributed by atoms with Crippen molar-refractivity contribution in [1.29, 1.82) is 0 Å². The Morgan fingerprint density at radius 2 is 1.12 bits per heavy atom. The van der Waals surface area contributed by atoms with Gasteiger partial charge in [0.25, 0.3) is 0 Å². The standard InChI is InChI=1S/C31H46N6O4S.C12H25NO5.C3H6O/c1-32-8-16-38-18-20-40-22-23-41-21-19-39-17-15-35-11-13-36(14-12-35)27-5-6-28-29(24-27)42-31(34-28)26-4-7-30(33-25-26)37-9-2-3-10-37;1-13-3-6-16-8-10-18-12-11-17-9-7-15-5-2-4-14;1-2-3-4/h4-7,24-25,32H,2-3,8-23H2,1H3;4,13H,2-3,5-12H2,1H3;3H,2H2,1H3. The van der Waals surface area contributed by atoms with Gasteiger partial charge < -0.3 is 67.9 Å². The Morgan fingerprint density at radius 1 is 0.609 bits per heavy atom. The number of nitrogens with one attached hydrogen (secondary N) is 2. The van der Waals surface area contributed by atoms with E-state index < -0.39 is 0 Å². The molecule has 362 valence electrons. The van der Waals surface area contributed by atoms with Gasteiger partial charge in [-0.25, -0.2) is 9.97 Å². The number of benzene rings is 1. The largest absolute Gasteiger partial charge is 0.379 e. The molecule has 0 radical (unpaired) electrons. The predicted octanol–water partition coefficient (Wildman–Crippen LogP) is 3.82. The van der Waals surface area contributed by atoms with E-state index in [1.807, 2.05) is 27.2 Å². The third-order valence-corrected chi connectivity index (χ3v) is 10.9. The first-order valence-corrected chi connectivity index (χ1v) is 23.8. The van der Waals surface area contributed by atoms with Crippen molar-refractivity contribution in [3.8, 4) is 10.6 Å². The normalized spacial score (nSPS) is 14.0. The number of anilines is 2. The van der Waals surface area contributed by atoms with Crippen molar-refractivity contribution in [1.82, 2.24) is 25.5 Å². The lowest BCUT2D eigenvalue weighted by atomic mass is 10.2. The highest BCUT2D eigenvalue weighted by atomic mass is 32.1. The van der Waals surface area contributed by atoms with E-state index in [0.717, 1.165) is 100.0 Å². The molecule has 17 nitrogen and oxygen atoms in total. The van der Waals surface area contributed by atoms with Crippen LogP contribution in [0.2, 0.25) is 0 Å². The lowest BCUT2D eigenvalue weighted by Gasteiger charge is -2.36. The molecule has 3 aromatic rings. The minimum Gasteiger partial charge on any atom is -0.379 e. The number of carbonyl (C=O) groups excluding carboxylic acids is 2. The molecule has 0 unspecified atom stereocenters. The van der Waals surface area contributed by atoms with Crippen LogP contribution in [-0.2, 0) is 47.5 Å². The molecule has 0 atom stereocenters. The van der Waals surface area contributed by atoms with Gasteiger partial charge in [0.15, 0.2) is 0 Å². The summed E-state index contributed by atoms with van der Waals surface area (Å²) in [6.45, 7) is 20.4. The van der Waals surface area contributed by atoms with E-state index in [-0.39, 0.29) is 0 Å². The number of pyridine rings is 1. The maximum Gasteiger partial charge on any atom is 0.128 e. The number of hydrogen-bond donors (Lipinski definition) is 2. The molecule has 2 fully saturated rings. The third kappa shape index (κ3) is 24.9. The highest BCUT2D eigenvalue weighted by Gasteiger charge is 2.19. The Kier molecular flexibility index (Phi) is 32.6. The van der Waals surface area contributed by atoms with E-state index in [4.69, 9.17) is 47.9 Å². The summed E-state index contributed by atoms with van der Waals surface area (Å²) >= 11 is 1.75. The van der Waals surface area contributed by atoms with Crippen molar-refractivity contribution in [2.45, 2.75) is 32.6 Å². The van der Waals surface area contributed by atoms with Gasteiger partial charge in [-0.2, -0.15) is 0 Å². The first-order valence-electron chi connectivity index (χ1n) is 23.0. The van der Waals surface area contributed by atoms with Crippen LogP contribution in [0.1, 0.15) is 32.6 Å². The third-order valence-electron chi connectivity index (χ3n) is 9.86. The van der Waals surface area contributed by atoms with E-state index >= 15 is 0 Å². The fourth-order valence-corrected chi connectivity index (χ4v) is 7.29. The van der Waals surface area contributed by atoms with Crippen molar-refractivity contribution in [3.63, 3.8) is 0 Å². The minimum atomic E-state index is 0.441. The van der Waals surface area contributed by atoms with E-state index in [9.17, 15) is 9.59 Å². The fourth-order valence-electron chi connectivity index (χ4n) is 6.31. The number of thiazole rings is 1. The zero-order valence-electron chi connectivity index (χ0n) is 38.9. The average molecular weight is 920 g/mol. The molecule has 2 N–H and O–H groups in total. The number of hydrogen-bond acceptors (Lipinski definition) is 18. The first-order chi connectivity index (χ1) is 31.6. The smallest absolute Gasteiger partial charge is 0.128 e. The fraction of sp³-hybridized carbons (Fsp3) is 0.696. The van der Waals surface area contributed by atoms with E-state index in [0.29, 0.717) is 112 Å². The molecule has 4 heterocycles. The van der Waals surface area contributed by atoms with Crippen molar-refractivity contribution in [3.05, 3.63) is 36.5 Å². The molecular weight excluding hydrogens is 843 g/mol. The predicted molar refractivity (Wildman–Crippen MR) is 254 cm³/mol. The van der Waals surface area contributed by atoms with Crippen molar-refractivity contribution >= 4 is 45.6 Å². The van der Waals surface area contributed by atoms with Crippen LogP contribution in [0.15, 0.2) is 36.5 Å². The quantitative estimate of drug-likeness (QED) is 0.0655. The summed E-state index contributed by atoms with van der Waals surface area (Å²) in [4.78, 5) is 36.1. The van der Waals surface area contributed by atoms with Crippen LogP contribution in [-0.4, -0.2) is 206 Å². The van der Waals surface area contributed by atoms with Gasteiger partial charge in [-0.3, -0.25) is 4.90 Å². The van der Waals surface area contributed by atoms with E-state index in [1.54, 1.807) is 11.3 Å². The van der Waals surface area contributed by atoms with Crippen LogP contribution >= 0.6 is 11.3 Å². The average Bonchev–Trinajstić information content (AvgIpc) is 4.04. The summed E-state index contributed by atoms with van der Waals surface area (Å²) in [5.41, 5.74) is 3.42. The number of carbonyl (C=O) groups is 2. The van der Waals surface area contributed by atoms with Gasteiger partial charge in [-0.05, 0) is 57.3 Å². The summed E-state index contributed by atoms with van der Waals surface area (Å²) in [6, 6.07) is 11.0. The second-order valence-electron chi connectivity index (χ2n) is 14.7. The lowest BCUT2D eigenvalue weighted by molar-refractivity contribution is -0.109. The Hall–Kier alpha value is -3.24. The Labute approximate surface area is 385 Å². The van der Waals surface area contributed by atoms with Crippen LogP contribution in [0.4, 0.5) is 11.5 Å². The number of aldehydes is 2. The second kappa shape index (κ2) is 37.9. The first kappa shape index (κ1) is 55.1. The van der Waals surface area contributed by atoms with Crippen molar-refractivity contribution in [2.75, 3.05) is 189 Å². The molecule has 0 saturated carbocycles. The zero-order chi connectivity index (χ0) is 45.6. The molecule has 2 saturated heterocycles. The van der Waals surface area contributed by atoms with Gasteiger partial charge in [-0.1, -0.05) is 6.92 Å². The molecule has 1 aromatic carbocycles. The number of piperazine rings is 1. The molecule has 2 aliphatic heterocycles. The molecule has 2 aliphatic rings. The Balaban J connectivity index is 0.000000414. The SMILES string of the molecule is CCC=O.CNCCOCCOCCOCCOCCC=O.CNCCOCCOCCOCCOCCN1CCN(c2ccc3nc(-c4ccc(N5CCCC5)nc4)sc3c2)CC1. The molecule has 18 heteroatoms. The highest BCUT2D eigenvalue weighted by molar-refractivity contribution is 7.21. The summed E-state index contributed by atoms with van der Waals surface area (Å²) in [5.74, 6) is 1.08. The molecule has 0 amide bonds. The Morgan fingerprint density at radius 3 is 1.61 bits per heavy atom. The van der Waals surface area contributed by atoms with E-state index in [1.165, 1.54) is 23.2 Å². The number of ether oxygens (including phenoxy) is 8. The minimum absolute atomic E-state index is 0.441. The zero-order valence-corrected chi connectivity index (χ0v) is 39.7. The van der Waals surface area contributed by atoms with Gasteiger partial charge in [0.1, 0.15) is 23.4 Å². The van der Waals surface area contributed by atoms with Gasteiger partial charge in [-0.15, -0.1) is 11.3 Å². The molecule has 2 aromatic heterocycles. The topological polar surface area (TPSA) is 168 Å². The summed E-state index contributed by atoms with van der Waals surface area (Å²) in [7, 11) is 3.80. The molecule has 5 rings (SSSR count). The van der Waals surface area contributed by atoms with Gasteiger partial charge in [0, 0.05) is 89.2 Å². The van der Waals surface area contributed by atoms with Crippen molar-refractivity contribution < 1.29 is 47.5 Å². The van der Waals surface area contributed by atoms with Gasteiger partial charge in [0.2, 0.25) is 0 Å². The van der Waals surface area contributed by atoms with Gasteiger partial charge in [0.05, 0.1) is 116 Å². The molecular formula is C46H77N7O10S. The van der Waals surface area contributed by atoms with Crippen LogP contribution in [0.5, 0.6) is 0 Å². The number of fused-ring (bicyclic) bond motifs is 1. The van der Waals surface area contributed by atoms with Gasteiger partial charge >= 0.3 is 0 Å². The number of aromatic nitrogens is 2. The maximum absolute atomic E-state index is 9.98. The second-order valence-corrected chi connectivity index (χ2v) is 15.8. The van der Waals surface area contributed by atoms with Crippen LogP contribution in [0, 0.1) is 0 Å². The lowest BCUT2D eigenvalue weighted by Crippen LogP contribution is -2.47. The number of nitrogens with zero attached hydrogens (tertiary/aromatic N) is 5.